The second kappa shape index (κ2) is 6.30. The highest BCUT2D eigenvalue weighted by Crippen LogP contribution is 2.47. The largest absolute Gasteiger partial charge is 0.573 e. The molecule has 0 unspecified atom stereocenters. The van der Waals surface area contributed by atoms with Crippen LogP contribution in [0.4, 0.5) is 13.2 Å². The molecule has 1 aromatic heterocycles. The maximum Gasteiger partial charge on any atom is 0.573 e. The Kier molecular flexibility index (Phi) is 4.29. The molecule has 1 aliphatic carbocycles. The summed E-state index contributed by atoms with van der Waals surface area (Å²) in [5, 5.41) is 0. The summed E-state index contributed by atoms with van der Waals surface area (Å²) in [5.74, 6) is 0.392. The molecule has 27 heavy (non-hydrogen) atoms. The van der Waals surface area contributed by atoms with Gasteiger partial charge in [0.25, 0.3) is 0 Å². The number of hydrogen-bond donors (Lipinski definition) is 0. The fourth-order valence-corrected chi connectivity index (χ4v) is 3.95. The van der Waals surface area contributed by atoms with Gasteiger partial charge in [-0.25, -0.2) is 0 Å². The van der Waals surface area contributed by atoms with E-state index >= 15 is 0 Å². The summed E-state index contributed by atoms with van der Waals surface area (Å²) in [5.41, 5.74) is 4.87. The van der Waals surface area contributed by atoms with Gasteiger partial charge < -0.3 is 9.30 Å². The molecule has 2 aliphatic rings. The SMILES string of the molecule is CC(C)(C)N1CCn2c(cc(-c3ccc(OC(F)(F)F)cc3)c2C2CC2)C1. The Balaban J connectivity index is 1.67. The first-order valence-corrected chi connectivity index (χ1v) is 9.45. The Bertz CT molecular complexity index is 827. The Morgan fingerprint density at radius 1 is 1.00 bits per heavy atom. The topological polar surface area (TPSA) is 17.4 Å². The van der Waals surface area contributed by atoms with Gasteiger partial charge in [0.2, 0.25) is 0 Å². The summed E-state index contributed by atoms with van der Waals surface area (Å²) < 4.78 is 43.6. The first-order chi connectivity index (χ1) is 12.6. The van der Waals surface area contributed by atoms with E-state index in [2.05, 4.69) is 41.0 Å². The summed E-state index contributed by atoms with van der Waals surface area (Å²) in [7, 11) is 0. The van der Waals surface area contributed by atoms with Gasteiger partial charge in [-0.05, 0) is 63.3 Å². The van der Waals surface area contributed by atoms with Crippen LogP contribution in [0.2, 0.25) is 0 Å². The van der Waals surface area contributed by atoms with Crippen molar-refractivity contribution < 1.29 is 17.9 Å². The smallest absolute Gasteiger partial charge is 0.406 e. The molecule has 0 atom stereocenters. The molecular weight excluding hydrogens is 353 g/mol. The molecule has 2 aromatic rings. The Hall–Kier alpha value is -1.95. The molecule has 0 saturated heterocycles. The van der Waals surface area contributed by atoms with Gasteiger partial charge in [-0.2, -0.15) is 0 Å². The number of fused-ring (bicyclic) bond motifs is 1. The highest BCUT2D eigenvalue weighted by atomic mass is 19.4. The Labute approximate surface area is 157 Å². The number of alkyl halides is 3. The van der Waals surface area contributed by atoms with Crippen molar-refractivity contribution in [3.8, 4) is 16.9 Å². The minimum Gasteiger partial charge on any atom is -0.406 e. The second-order valence-electron chi connectivity index (χ2n) is 8.53. The molecule has 2 heterocycles. The van der Waals surface area contributed by atoms with E-state index in [1.807, 2.05) is 0 Å². The summed E-state index contributed by atoms with van der Waals surface area (Å²) in [6.07, 6.45) is -2.28. The first kappa shape index (κ1) is 18.4. The number of rotatable bonds is 3. The molecule has 0 bridgehead atoms. The molecule has 0 amide bonds. The molecular formula is C21H25F3N2O. The van der Waals surface area contributed by atoms with Gasteiger partial charge in [-0.3, -0.25) is 4.90 Å². The molecule has 1 fully saturated rings. The molecule has 146 valence electrons. The van der Waals surface area contributed by atoms with Crippen LogP contribution in [0.5, 0.6) is 5.75 Å². The lowest BCUT2D eigenvalue weighted by Crippen LogP contribution is -2.45. The third kappa shape index (κ3) is 3.86. The zero-order chi connectivity index (χ0) is 19.4. The number of hydrogen-bond acceptors (Lipinski definition) is 2. The van der Waals surface area contributed by atoms with Crippen molar-refractivity contribution in [2.24, 2.45) is 0 Å². The van der Waals surface area contributed by atoms with Crippen molar-refractivity contribution in [2.45, 2.75) is 64.5 Å². The average molecular weight is 378 g/mol. The van der Waals surface area contributed by atoms with E-state index in [0.717, 1.165) is 30.8 Å². The Morgan fingerprint density at radius 3 is 2.22 bits per heavy atom. The first-order valence-electron chi connectivity index (χ1n) is 9.45. The van der Waals surface area contributed by atoms with E-state index < -0.39 is 6.36 Å². The van der Waals surface area contributed by atoms with E-state index in [1.165, 1.54) is 36.4 Å². The van der Waals surface area contributed by atoms with Crippen LogP contribution in [0.25, 0.3) is 11.1 Å². The number of halogens is 3. The van der Waals surface area contributed by atoms with Crippen molar-refractivity contribution in [1.82, 2.24) is 9.47 Å². The molecule has 6 heteroatoms. The molecule has 4 rings (SSSR count). The summed E-state index contributed by atoms with van der Waals surface area (Å²) in [4.78, 5) is 2.48. The number of benzene rings is 1. The maximum atomic E-state index is 12.4. The van der Waals surface area contributed by atoms with Crippen LogP contribution in [0.3, 0.4) is 0 Å². The Morgan fingerprint density at radius 2 is 1.67 bits per heavy atom. The van der Waals surface area contributed by atoms with Gasteiger partial charge in [0.15, 0.2) is 0 Å². The van der Waals surface area contributed by atoms with E-state index in [4.69, 9.17) is 0 Å². The molecule has 1 saturated carbocycles. The summed E-state index contributed by atoms with van der Waals surface area (Å²) in [6.45, 7) is 9.57. The van der Waals surface area contributed by atoms with Crippen molar-refractivity contribution in [3.63, 3.8) is 0 Å². The minimum absolute atomic E-state index is 0.117. The van der Waals surface area contributed by atoms with Gasteiger partial charge in [0.05, 0.1) is 0 Å². The molecule has 0 spiro atoms. The lowest BCUT2D eigenvalue weighted by molar-refractivity contribution is -0.274. The molecule has 0 N–H and O–H groups in total. The predicted octanol–water partition coefficient (Wildman–Crippen LogP) is 5.55. The lowest BCUT2D eigenvalue weighted by Gasteiger charge is -2.39. The fraction of sp³-hybridized carbons (Fsp3) is 0.524. The van der Waals surface area contributed by atoms with Gasteiger partial charge in [0.1, 0.15) is 5.75 Å². The van der Waals surface area contributed by atoms with Gasteiger partial charge in [-0.1, -0.05) is 12.1 Å². The van der Waals surface area contributed by atoms with Gasteiger partial charge >= 0.3 is 6.36 Å². The van der Waals surface area contributed by atoms with E-state index in [-0.39, 0.29) is 11.3 Å². The molecule has 1 aromatic carbocycles. The minimum atomic E-state index is -4.66. The fourth-order valence-electron chi connectivity index (χ4n) is 3.95. The normalized spacial score (nSPS) is 18.4. The zero-order valence-electron chi connectivity index (χ0n) is 15.9. The van der Waals surface area contributed by atoms with Crippen LogP contribution in [0.15, 0.2) is 30.3 Å². The van der Waals surface area contributed by atoms with E-state index in [0.29, 0.717) is 5.92 Å². The van der Waals surface area contributed by atoms with Crippen molar-refractivity contribution in [2.75, 3.05) is 6.54 Å². The van der Waals surface area contributed by atoms with Crippen LogP contribution < -0.4 is 4.74 Å². The van der Waals surface area contributed by atoms with Crippen molar-refractivity contribution >= 4 is 0 Å². The quantitative estimate of drug-likeness (QED) is 0.697. The number of ether oxygens (including phenoxy) is 1. The van der Waals surface area contributed by atoms with Crippen molar-refractivity contribution in [1.29, 1.82) is 0 Å². The van der Waals surface area contributed by atoms with Crippen molar-refractivity contribution in [3.05, 3.63) is 41.7 Å². The molecule has 3 nitrogen and oxygen atoms in total. The number of nitrogens with zero attached hydrogens (tertiary/aromatic N) is 2. The third-order valence-corrected chi connectivity index (χ3v) is 5.48. The standard InChI is InChI=1S/C21H25F3N2O/c1-20(2,3)25-10-11-26-16(13-25)12-18(19(26)15-4-5-15)14-6-8-17(9-7-14)27-21(22,23)24/h6-9,12,15H,4-5,10-11,13H2,1-3H3. The lowest BCUT2D eigenvalue weighted by atomic mass is 10.0. The van der Waals surface area contributed by atoms with Gasteiger partial charge in [-0.15, -0.1) is 13.2 Å². The maximum absolute atomic E-state index is 12.4. The number of aromatic nitrogens is 1. The zero-order valence-corrected chi connectivity index (χ0v) is 15.9. The predicted molar refractivity (Wildman–Crippen MR) is 98.7 cm³/mol. The summed E-state index contributed by atoms with van der Waals surface area (Å²) in [6, 6.07) is 8.49. The highest BCUT2D eigenvalue weighted by Gasteiger charge is 2.35. The second-order valence-corrected chi connectivity index (χ2v) is 8.53. The summed E-state index contributed by atoms with van der Waals surface area (Å²) >= 11 is 0. The highest BCUT2D eigenvalue weighted by molar-refractivity contribution is 5.69. The van der Waals surface area contributed by atoms with E-state index in [9.17, 15) is 13.2 Å². The third-order valence-electron chi connectivity index (χ3n) is 5.48. The molecule has 1 aliphatic heterocycles. The van der Waals surface area contributed by atoms with Crippen LogP contribution in [0.1, 0.15) is 50.9 Å². The van der Waals surface area contributed by atoms with Gasteiger partial charge in [0, 0.05) is 42.1 Å². The van der Waals surface area contributed by atoms with Crippen LogP contribution in [-0.4, -0.2) is 27.9 Å². The van der Waals surface area contributed by atoms with Crippen LogP contribution >= 0.6 is 0 Å². The van der Waals surface area contributed by atoms with Crippen LogP contribution in [-0.2, 0) is 13.1 Å². The molecule has 0 radical (unpaired) electrons. The monoisotopic (exact) mass is 378 g/mol. The van der Waals surface area contributed by atoms with E-state index in [1.54, 1.807) is 12.1 Å². The average Bonchev–Trinajstić information content (AvgIpc) is 3.32. The van der Waals surface area contributed by atoms with Crippen LogP contribution in [0, 0.1) is 0 Å².